The summed E-state index contributed by atoms with van der Waals surface area (Å²) >= 11 is 8.74. The summed E-state index contributed by atoms with van der Waals surface area (Å²) in [5, 5.41) is 13.0. The molecule has 0 bridgehead atoms. The minimum Gasteiger partial charge on any atom is -0.322 e. The highest BCUT2D eigenvalue weighted by Gasteiger charge is 2.17. The van der Waals surface area contributed by atoms with Gasteiger partial charge in [-0.05, 0) is 34.1 Å². The number of aromatic nitrogens is 1. The van der Waals surface area contributed by atoms with Crippen LogP contribution in [-0.4, -0.2) is 15.8 Å². The Balaban J connectivity index is 2.29. The molecule has 0 fully saturated rings. The summed E-state index contributed by atoms with van der Waals surface area (Å²) in [5.41, 5.74) is -0.202. The van der Waals surface area contributed by atoms with Crippen molar-refractivity contribution >= 4 is 44.8 Å². The number of anilines is 1. The van der Waals surface area contributed by atoms with E-state index in [0.29, 0.717) is 5.69 Å². The van der Waals surface area contributed by atoms with Crippen LogP contribution in [0.15, 0.2) is 34.9 Å². The van der Waals surface area contributed by atoms with Crippen LogP contribution < -0.4 is 5.32 Å². The molecule has 0 radical (unpaired) electrons. The summed E-state index contributed by atoms with van der Waals surface area (Å²) in [6.07, 6.45) is 0.952. The molecule has 0 spiro atoms. The van der Waals surface area contributed by atoms with E-state index in [9.17, 15) is 19.3 Å². The molecule has 9 heteroatoms. The number of amides is 1. The molecule has 1 N–H and O–H groups in total. The van der Waals surface area contributed by atoms with Crippen molar-refractivity contribution in [1.82, 2.24) is 4.98 Å². The van der Waals surface area contributed by atoms with Gasteiger partial charge in [0, 0.05) is 11.8 Å². The lowest BCUT2D eigenvalue weighted by atomic mass is 10.2. The summed E-state index contributed by atoms with van der Waals surface area (Å²) in [4.78, 5) is 25.6. The fourth-order valence-electron chi connectivity index (χ4n) is 1.47. The van der Waals surface area contributed by atoms with Crippen LogP contribution >= 0.6 is 27.5 Å². The molecule has 0 saturated carbocycles. The number of benzene rings is 1. The standard InChI is InChI=1S/C12H6BrClFN3O3/c13-9-3-6(1-2-10(9)15)17-12(19)8-4-7(18(20)21)5-16-11(8)14/h1-5H,(H,17,19). The SMILES string of the molecule is O=C(Nc1ccc(F)c(Br)c1)c1cc([N+](=O)[O-])cnc1Cl. The van der Waals surface area contributed by atoms with Gasteiger partial charge in [0.15, 0.2) is 0 Å². The molecule has 6 nitrogen and oxygen atoms in total. The number of pyridine rings is 1. The molecular formula is C12H6BrClFN3O3. The Labute approximate surface area is 131 Å². The quantitative estimate of drug-likeness (QED) is 0.503. The molecule has 1 aromatic heterocycles. The number of rotatable bonds is 3. The molecule has 0 unspecified atom stereocenters. The topological polar surface area (TPSA) is 85.1 Å². The largest absolute Gasteiger partial charge is 0.322 e. The molecule has 0 aliphatic rings. The van der Waals surface area contributed by atoms with Gasteiger partial charge in [-0.1, -0.05) is 11.6 Å². The number of nitro groups is 1. The number of carbonyl (C=O) groups is 1. The van der Waals surface area contributed by atoms with Crippen molar-refractivity contribution in [1.29, 1.82) is 0 Å². The van der Waals surface area contributed by atoms with E-state index in [1.165, 1.54) is 12.1 Å². The van der Waals surface area contributed by atoms with Crippen molar-refractivity contribution in [2.24, 2.45) is 0 Å². The molecule has 21 heavy (non-hydrogen) atoms. The van der Waals surface area contributed by atoms with Crippen LogP contribution in [0.3, 0.4) is 0 Å². The molecule has 0 aliphatic carbocycles. The van der Waals surface area contributed by atoms with Crippen LogP contribution in [0.25, 0.3) is 0 Å². The molecule has 2 aromatic rings. The second kappa shape index (κ2) is 6.15. The average Bonchev–Trinajstić information content (AvgIpc) is 2.43. The van der Waals surface area contributed by atoms with Gasteiger partial charge in [0.25, 0.3) is 11.6 Å². The molecule has 0 saturated heterocycles. The first-order valence-electron chi connectivity index (χ1n) is 5.45. The first kappa shape index (κ1) is 15.3. The van der Waals surface area contributed by atoms with Gasteiger partial charge in [-0.2, -0.15) is 0 Å². The number of hydrogen-bond donors (Lipinski definition) is 1. The Bertz CT molecular complexity index is 742. The van der Waals surface area contributed by atoms with E-state index in [-0.39, 0.29) is 20.9 Å². The van der Waals surface area contributed by atoms with Crippen LogP contribution in [-0.2, 0) is 0 Å². The van der Waals surface area contributed by atoms with Crippen LogP contribution in [0.2, 0.25) is 5.15 Å². The van der Waals surface area contributed by atoms with E-state index < -0.39 is 16.6 Å². The van der Waals surface area contributed by atoms with Crippen molar-refractivity contribution in [2.45, 2.75) is 0 Å². The number of nitrogens with one attached hydrogen (secondary N) is 1. The Morgan fingerprint density at radius 2 is 2.14 bits per heavy atom. The number of hydrogen-bond acceptors (Lipinski definition) is 4. The molecule has 0 atom stereocenters. The van der Waals surface area contributed by atoms with Gasteiger partial charge in [-0.3, -0.25) is 14.9 Å². The van der Waals surface area contributed by atoms with Gasteiger partial charge in [0.1, 0.15) is 17.2 Å². The van der Waals surface area contributed by atoms with Gasteiger partial charge < -0.3 is 5.32 Å². The molecular weight excluding hydrogens is 369 g/mol. The van der Waals surface area contributed by atoms with Crippen molar-refractivity contribution in [3.05, 3.63) is 61.6 Å². The smallest absolute Gasteiger partial charge is 0.288 e. The van der Waals surface area contributed by atoms with E-state index in [1.54, 1.807) is 0 Å². The number of carbonyl (C=O) groups excluding carboxylic acids is 1. The lowest BCUT2D eigenvalue weighted by Crippen LogP contribution is -2.13. The Morgan fingerprint density at radius 3 is 2.76 bits per heavy atom. The molecule has 2 rings (SSSR count). The lowest BCUT2D eigenvalue weighted by Gasteiger charge is -2.07. The molecule has 1 heterocycles. The van der Waals surface area contributed by atoms with Crippen LogP contribution in [0, 0.1) is 15.9 Å². The maximum Gasteiger partial charge on any atom is 0.288 e. The lowest BCUT2D eigenvalue weighted by molar-refractivity contribution is -0.385. The highest BCUT2D eigenvalue weighted by molar-refractivity contribution is 9.10. The van der Waals surface area contributed by atoms with Crippen LogP contribution in [0.4, 0.5) is 15.8 Å². The summed E-state index contributed by atoms with van der Waals surface area (Å²) in [6.45, 7) is 0. The van der Waals surface area contributed by atoms with E-state index in [2.05, 4.69) is 26.2 Å². The molecule has 1 amide bonds. The zero-order valence-corrected chi connectivity index (χ0v) is 12.5. The normalized spacial score (nSPS) is 10.2. The predicted octanol–water partition coefficient (Wildman–Crippen LogP) is 3.80. The third-order valence-corrected chi connectivity index (χ3v) is 3.37. The first-order valence-corrected chi connectivity index (χ1v) is 6.62. The van der Waals surface area contributed by atoms with Gasteiger partial charge in [-0.15, -0.1) is 0 Å². The van der Waals surface area contributed by atoms with Crippen LogP contribution in [0.1, 0.15) is 10.4 Å². The third-order valence-electron chi connectivity index (χ3n) is 2.46. The second-order valence-corrected chi connectivity index (χ2v) is 5.08. The zero-order valence-electron chi connectivity index (χ0n) is 10.1. The minimum atomic E-state index is -0.686. The highest BCUT2D eigenvalue weighted by Crippen LogP contribution is 2.23. The Kier molecular flexibility index (Phi) is 4.49. The van der Waals surface area contributed by atoms with Crippen molar-refractivity contribution in [3.8, 4) is 0 Å². The van der Waals surface area contributed by atoms with Gasteiger partial charge in [0.05, 0.1) is 15.0 Å². The summed E-state index contributed by atoms with van der Waals surface area (Å²) in [7, 11) is 0. The second-order valence-electron chi connectivity index (χ2n) is 3.87. The minimum absolute atomic E-state index is 0.147. The molecule has 1 aromatic carbocycles. The zero-order chi connectivity index (χ0) is 15.6. The van der Waals surface area contributed by atoms with Crippen LogP contribution in [0.5, 0.6) is 0 Å². The van der Waals surface area contributed by atoms with Gasteiger partial charge >= 0.3 is 0 Å². The van der Waals surface area contributed by atoms with E-state index in [4.69, 9.17) is 11.6 Å². The van der Waals surface area contributed by atoms with Gasteiger partial charge in [-0.25, -0.2) is 9.37 Å². The van der Waals surface area contributed by atoms with Crippen molar-refractivity contribution < 1.29 is 14.1 Å². The fourth-order valence-corrected chi connectivity index (χ4v) is 2.04. The van der Waals surface area contributed by atoms with E-state index in [0.717, 1.165) is 18.3 Å². The first-order chi connectivity index (χ1) is 9.88. The molecule has 0 aliphatic heterocycles. The van der Waals surface area contributed by atoms with Crippen molar-refractivity contribution in [2.75, 3.05) is 5.32 Å². The van der Waals surface area contributed by atoms with E-state index in [1.807, 2.05) is 0 Å². The maximum absolute atomic E-state index is 13.1. The van der Waals surface area contributed by atoms with Crippen molar-refractivity contribution in [3.63, 3.8) is 0 Å². The van der Waals surface area contributed by atoms with Gasteiger partial charge in [0.2, 0.25) is 0 Å². The predicted molar refractivity (Wildman–Crippen MR) is 78.0 cm³/mol. The highest BCUT2D eigenvalue weighted by atomic mass is 79.9. The Hall–Kier alpha value is -2.06. The summed E-state index contributed by atoms with van der Waals surface area (Å²) < 4.78 is 13.3. The average molecular weight is 375 g/mol. The molecule has 108 valence electrons. The number of halogens is 3. The van der Waals surface area contributed by atoms with E-state index >= 15 is 0 Å². The maximum atomic E-state index is 13.1. The number of nitrogens with zero attached hydrogens (tertiary/aromatic N) is 2. The fraction of sp³-hybridized carbons (Fsp3) is 0. The Morgan fingerprint density at radius 1 is 1.43 bits per heavy atom. The monoisotopic (exact) mass is 373 g/mol. The summed E-state index contributed by atoms with van der Waals surface area (Å²) in [6, 6.07) is 4.87. The third kappa shape index (κ3) is 3.53. The summed E-state index contributed by atoms with van der Waals surface area (Å²) in [5.74, 6) is -1.17.